The lowest BCUT2D eigenvalue weighted by Crippen LogP contribution is -2.24. The lowest BCUT2D eigenvalue weighted by Gasteiger charge is -2.27. The number of methoxy groups -OCH3 is 1. The Morgan fingerprint density at radius 3 is 2.70 bits per heavy atom. The molecule has 7 heteroatoms. The zero-order valence-corrected chi connectivity index (χ0v) is 18.9. The molecule has 4 rings (SSSR count). The third-order valence-corrected chi connectivity index (χ3v) is 6.05. The minimum atomic E-state index is -0.514. The van der Waals surface area contributed by atoms with Crippen molar-refractivity contribution in [3.8, 4) is 11.5 Å². The van der Waals surface area contributed by atoms with Crippen molar-refractivity contribution in [1.29, 1.82) is 0 Å². The maximum atomic E-state index is 13.3. The van der Waals surface area contributed by atoms with Crippen LogP contribution in [0.3, 0.4) is 0 Å². The maximum Gasteiger partial charge on any atom is 0.342 e. The van der Waals surface area contributed by atoms with Gasteiger partial charge in [0.15, 0.2) is 0 Å². The van der Waals surface area contributed by atoms with Crippen molar-refractivity contribution < 1.29 is 33.0 Å². The van der Waals surface area contributed by atoms with E-state index in [2.05, 4.69) is 0 Å². The van der Waals surface area contributed by atoms with Gasteiger partial charge in [-0.3, -0.25) is 9.59 Å². The van der Waals surface area contributed by atoms with E-state index in [1.54, 1.807) is 30.5 Å². The van der Waals surface area contributed by atoms with Crippen LogP contribution in [0.5, 0.6) is 11.5 Å². The van der Waals surface area contributed by atoms with Gasteiger partial charge in [-0.05, 0) is 56.4 Å². The lowest BCUT2D eigenvalue weighted by molar-refractivity contribution is -0.135. The molecule has 0 bridgehead atoms. The van der Waals surface area contributed by atoms with Crippen LogP contribution < -0.4 is 9.47 Å². The van der Waals surface area contributed by atoms with Gasteiger partial charge in [0.1, 0.15) is 28.6 Å². The van der Waals surface area contributed by atoms with E-state index in [4.69, 9.17) is 18.6 Å². The molecular formula is C26H28O7. The normalized spacial score (nSPS) is 21.9. The van der Waals surface area contributed by atoms with Crippen molar-refractivity contribution in [2.45, 2.75) is 63.9 Å². The molecule has 0 fully saturated rings. The van der Waals surface area contributed by atoms with E-state index in [0.717, 1.165) is 6.42 Å². The highest BCUT2D eigenvalue weighted by Crippen LogP contribution is 2.47. The molecule has 0 unspecified atom stereocenters. The Morgan fingerprint density at radius 1 is 1.12 bits per heavy atom. The Balaban J connectivity index is 1.84. The highest BCUT2D eigenvalue weighted by atomic mass is 16.5. The van der Waals surface area contributed by atoms with Crippen LogP contribution in [-0.4, -0.2) is 30.9 Å². The Hall–Kier alpha value is -3.35. The molecule has 0 amide bonds. The zero-order valence-electron chi connectivity index (χ0n) is 18.9. The molecule has 2 aromatic rings. The Bertz CT molecular complexity index is 1060. The fourth-order valence-corrected chi connectivity index (χ4v) is 4.44. The number of ether oxygens (including phenoxy) is 3. The van der Waals surface area contributed by atoms with Crippen LogP contribution in [0, 0.1) is 0 Å². The molecule has 174 valence electrons. The molecule has 2 atom stereocenters. The van der Waals surface area contributed by atoms with Crippen LogP contribution in [0.1, 0.15) is 85.0 Å². The molecule has 1 aromatic heterocycles. The summed E-state index contributed by atoms with van der Waals surface area (Å²) in [6, 6.07) is 5.23. The summed E-state index contributed by atoms with van der Waals surface area (Å²) in [7, 11) is 1.49. The van der Waals surface area contributed by atoms with Crippen LogP contribution in [-0.2, 0) is 14.3 Å². The summed E-state index contributed by atoms with van der Waals surface area (Å²) in [6.45, 7) is 1.82. The minimum Gasteiger partial charge on any atom is -0.495 e. The maximum absolute atomic E-state index is 13.3. The number of furan rings is 1. The molecule has 33 heavy (non-hydrogen) atoms. The zero-order chi connectivity index (χ0) is 23.4. The van der Waals surface area contributed by atoms with Crippen LogP contribution in [0.25, 0.3) is 6.08 Å². The molecule has 0 spiro atoms. The molecule has 0 saturated carbocycles. The average Bonchev–Trinajstić information content (AvgIpc) is 3.31. The molecule has 0 N–H and O–H groups in total. The quantitative estimate of drug-likeness (QED) is 0.456. The highest BCUT2D eigenvalue weighted by Gasteiger charge is 2.37. The molecule has 0 radical (unpaired) electrons. The van der Waals surface area contributed by atoms with E-state index in [9.17, 15) is 14.4 Å². The summed E-state index contributed by atoms with van der Waals surface area (Å²) in [6.07, 6.45) is 8.69. The summed E-state index contributed by atoms with van der Waals surface area (Å²) < 4.78 is 22.6. The summed E-state index contributed by atoms with van der Waals surface area (Å²) in [4.78, 5) is 37.7. The number of hydrogen-bond acceptors (Lipinski definition) is 7. The number of benzene rings is 1. The van der Waals surface area contributed by atoms with Gasteiger partial charge >= 0.3 is 11.9 Å². The van der Waals surface area contributed by atoms with Crippen molar-refractivity contribution in [3.05, 3.63) is 53.0 Å². The summed E-state index contributed by atoms with van der Waals surface area (Å²) in [5.74, 6) is 0.140. The van der Waals surface area contributed by atoms with E-state index in [1.807, 2.05) is 13.0 Å². The first-order valence-corrected chi connectivity index (χ1v) is 11.4. The Kier molecular flexibility index (Phi) is 6.96. The number of cyclic esters (lactones) is 1. The number of hydrogen-bond donors (Lipinski definition) is 0. The van der Waals surface area contributed by atoms with Gasteiger partial charge in [0.05, 0.1) is 31.8 Å². The van der Waals surface area contributed by atoms with Crippen molar-refractivity contribution in [3.63, 3.8) is 0 Å². The minimum absolute atomic E-state index is 0.0744. The van der Waals surface area contributed by atoms with E-state index < -0.39 is 11.9 Å². The SMILES string of the molecule is COc1c2c(cc3c1[C@H](c1ccco1)CC(=O)O3)C=CCCCC(=O)CCC[C@@H](C)OC2=O. The number of carbonyl (C=O) groups is 3. The van der Waals surface area contributed by atoms with Crippen molar-refractivity contribution in [2.24, 2.45) is 0 Å². The number of fused-ring (bicyclic) bond motifs is 2. The van der Waals surface area contributed by atoms with Crippen LogP contribution in [0.4, 0.5) is 0 Å². The predicted molar refractivity (Wildman–Crippen MR) is 120 cm³/mol. The monoisotopic (exact) mass is 452 g/mol. The first-order valence-electron chi connectivity index (χ1n) is 11.4. The topological polar surface area (TPSA) is 92.0 Å². The van der Waals surface area contributed by atoms with E-state index in [-0.39, 0.29) is 24.3 Å². The molecule has 0 aliphatic carbocycles. The van der Waals surface area contributed by atoms with Gasteiger partial charge in [-0.1, -0.05) is 12.2 Å². The highest BCUT2D eigenvalue weighted by molar-refractivity contribution is 5.99. The van der Waals surface area contributed by atoms with E-state index in [1.165, 1.54) is 7.11 Å². The molecule has 3 heterocycles. The lowest BCUT2D eigenvalue weighted by atomic mass is 9.86. The second-order valence-corrected chi connectivity index (χ2v) is 8.47. The van der Waals surface area contributed by atoms with Gasteiger partial charge in [-0.15, -0.1) is 0 Å². The van der Waals surface area contributed by atoms with Gasteiger partial charge in [-0.2, -0.15) is 0 Å². The van der Waals surface area contributed by atoms with Crippen molar-refractivity contribution in [1.82, 2.24) is 0 Å². The average molecular weight is 453 g/mol. The molecule has 0 saturated heterocycles. The van der Waals surface area contributed by atoms with Gasteiger partial charge < -0.3 is 18.6 Å². The second kappa shape index (κ2) is 10.1. The van der Waals surface area contributed by atoms with Crippen molar-refractivity contribution in [2.75, 3.05) is 7.11 Å². The summed E-state index contributed by atoms with van der Waals surface area (Å²) in [5, 5.41) is 0. The van der Waals surface area contributed by atoms with Crippen LogP contribution in [0.2, 0.25) is 0 Å². The van der Waals surface area contributed by atoms with Gasteiger partial charge in [0, 0.05) is 18.4 Å². The first kappa shape index (κ1) is 22.8. The fourth-order valence-electron chi connectivity index (χ4n) is 4.44. The molecule has 2 aliphatic heterocycles. The van der Waals surface area contributed by atoms with Crippen molar-refractivity contribution >= 4 is 23.8 Å². The van der Waals surface area contributed by atoms with Gasteiger partial charge in [0.2, 0.25) is 0 Å². The number of carbonyl (C=O) groups excluding carboxylic acids is 3. The molecule has 7 nitrogen and oxygen atoms in total. The Labute approximate surface area is 192 Å². The van der Waals surface area contributed by atoms with Crippen LogP contribution in [0.15, 0.2) is 35.0 Å². The van der Waals surface area contributed by atoms with E-state index >= 15 is 0 Å². The van der Waals surface area contributed by atoms with Gasteiger partial charge in [-0.25, -0.2) is 4.79 Å². The van der Waals surface area contributed by atoms with Gasteiger partial charge in [0.25, 0.3) is 0 Å². The first-order chi connectivity index (χ1) is 16.0. The summed E-state index contributed by atoms with van der Waals surface area (Å²) >= 11 is 0. The Morgan fingerprint density at radius 2 is 1.94 bits per heavy atom. The fraction of sp³-hybridized carbons (Fsp3) is 0.423. The molecule has 2 aliphatic rings. The number of allylic oxidation sites excluding steroid dienone is 1. The number of rotatable bonds is 2. The smallest absolute Gasteiger partial charge is 0.342 e. The predicted octanol–water partition coefficient (Wildman–Crippen LogP) is 5.21. The second-order valence-electron chi connectivity index (χ2n) is 8.47. The third-order valence-electron chi connectivity index (χ3n) is 6.05. The van der Waals surface area contributed by atoms with E-state index in [0.29, 0.717) is 66.1 Å². The molecular weight excluding hydrogens is 424 g/mol. The largest absolute Gasteiger partial charge is 0.495 e. The standard InChI is InChI=1S/C26H28O7/c1-16-8-6-11-18(27)10-5-3-4-9-17-14-21-24(25(30-2)23(17)26(29)32-16)19(15-22(28)33-21)20-12-7-13-31-20/h4,7,9,12-14,16,19H,3,5-6,8,10-11,15H2,1-2H3/t16-,19+/m1/s1. The number of esters is 2. The third kappa shape index (κ3) is 5.02. The molecule has 1 aromatic carbocycles. The van der Waals surface area contributed by atoms with Crippen LogP contribution >= 0.6 is 0 Å². The number of Topliss-reactive ketones (excluding diaryl/α,β-unsaturated/α-hetero) is 1. The number of ketones is 1. The summed E-state index contributed by atoms with van der Waals surface area (Å²) in [5.41, 5.74) is 1.43.